The summed E-state index contributed by atoms with van der Waals surface area (Å²) in [7, 11) is 2.64. The number of nitrogens with one attached hydrogen (secondary N) is 2. The van der Waals surface area contributed by atoms with Crippen LogP contribution >= 0.6 is 0 Å². The van der Waals surface area contributed by atoms with Gasteiger partial charge in [0.1, 0.15) is 22.3 Å². The Hall–Kier alpha value is -3.18. The minimum Gasteiger partial charge on any atom is -0.481 e. The molecular formula is C29H48N2O12Pd. The van der Waals surface area contributed by atoms with Gasteiger partial charge in [-0.2, -0.15) is 0 Å². The predicted octanol–water partition coefficient (Wildman–Crippen LogP) is 3.66. The Balaban J connectivity index is 0. The number of rotatable bonds is 6. The number of aliphatic carboxylic acids is 2. The van der Waals surface area contributed by atoms with E-state index in [4.69, 9.17) is 34.0 Å². The number of carbonyl (C=O) groups is 6. The summed E-state index contributed by atoms with van der Waals surface area (Å²) in [5.74, 6) is -1.81. The van der Waals surface area contributed by atoms with Crippen molar-refractivity contribution in [3.63, 3.8) is 0 Å². The van der Waals surface area contributed by atoms with Crippen molar-refractivity contribution < 1.29 is 78.4 Å². The van der Waals surface area contributed by atoms with E-state index in [1.54, 1.807) is 47.6 Å². The Morgan fingerprint density at radius 3 is 1.36 bits per heavy atom. The SMILES string of the molecule is C=C[C@@H]1C[C@]1(NC(=O)OC(C)(C)C)C(=O)OC.CC(=O)O.CC(=O)O.COC(=O)[C@@]1(NC(=O)OC(C)(C)C)C[C@H]1C1CC1.[Pd]. The predicted molar refractivity (Wildman–Crippen MR) is 154 cm³/mol. The van der Waals surface area contributed by atoms with Crippen molar-refractivity contribution in [3.05, 3.63) is 12.7 Å². The molecule has 3 rings (SSSR count). The van der Waals surface area contributed by atoms with Gasteiger partial charge < -0.3 is 39.8 Å². The van der Waals surface area contributed by atoms with Gasteiger partial charge in [-0.3, -0.25) is 9.59 Å². The zero-order valence-electron chi connectivity index (χ0n) is 27.1. The summed E-state index contributed by atoms with van der Waals surface area (Å²) >= 11 is 0. The third-order valence-electron chi connectivity index (χ3n) is 6.05. The van der Waals surface area contributed by atoms with E-state index in [1.165, 1.54) is 14.2 Å². The smallest absolute Gasteiger partial charge is 0.408 e. The number of carbonyl (C=O) groups excluding carboxylic acids is 4. The Labute approximate surface area is 272 Å². The largest absolute Gasteiger partial charge is 0.481 e. The van der Waals surface area contributed by atoms with Gasteiger partial charge in [-0.05, 0) is 79.1 Å². The van der Waals surface area contributed by atoms with Crippen LogP contribution in [0.25, 0.3) is 0 Å². The molecule has 3 aliphatic rings. The van der Waals surface area contributed by atoms with Crippen LogP contribution < -0.4 is 10.6 Å². The van der Waals surface area contributed by atoms with Crippen LogP contribution in [0.1, 0.15) is 81.1 Å². The second-order valence-corrected chi connectivity index (χ2v) is 12.4. The number of alkyl carbamates (subject to hydrolysis) is 2. The van der Waals surface area contributed by atoms with Crippen molar-refractivity contribution >= 4 is 36.1 Å². The molecule has 0 aliphatic heterocycles. The first-order chi connectivity index (χ1) is 19.5. The Kier molecular flexibility index (Phi) is 16.9. The number of hydrogen-bond donors (Lipinski definition) is 4. The number of ether oxygens (including phenoxy) is 4. The number of esters is 2. The second kappa shape index (κ2) is 17.3. The monoisotopic (exact) mass is 722 g/mol. The first kappa shape index (κ1) is 43.0. The fourth-order valence-corrected chi connectivity index (χ4v) is 4.12. The molecule has 0 saturated heterocycles. The van der Waals surface area contributed by atoms with Gasteiger partial charge in [-0.15, -0.1) is 6.58 Å². The zero-order chi connectivity index (χ0) is 34.0. The van der Waals surface area contributed by atoms with E-state index in [0.29, 0.717) is 18.8 Å². The Morgan fingerprint density at radius 2 is 1.09 bits per heavy atom. The van der Waals surface area contributed by atoms with Crippen LogP contribution in [-0.4, -0.2) is 82.8 Å². The molecule has 2 amide bonds. The maximum Gasteiger partial charge on any atom is 0.408 e. The molecule has 15 heteroatoms. The molecule has 44 heavy (non-hydrogen) atoms. The molecule has 0 aromatic rings. The van der Waals surface area contributed by atoms with Gasteiger partial charge in [0, 0.05) is 40.2 Å². The number of carboxylic acid groups (broad SMARTS) is 2. The molecule has 3 fully saturated rings. The van der Waals surface area contributed by atoms with Crippen molar-refractivity contribution in [1.29, 1.82) is 0 Å². The minimum atomic E-state index is -0.987. The van der Waals surface area contributed by atoms with Crippen LogP contribution in [0.2, 0.25) is 0 Å². The molecule has 3 saturated carbocycles. The van der Waals surface area contributed by atoms with Crippen molar-refractivity contribution in [2.24, 2.45) is 17.8 Å². The van der Waals surface area contributed by atoms with Gasteiger partial charge >= 0.3 is 24.1 Å². The topological polar surface area (TPSA) is 204 Å². The molecule has 0 aromatic heterocycles. The molecule has 14 nitrogen and oxygen atoms in total. The van der Waals surface area contributed by atoms with E-state index in [9.17, 15) is 19.2 Å². The van der Waals surface area contributed by atoms with E-state index in [1.807, 2.05) is 0 Å². The van der Waals surface area contributed by atoms with Crippen LogP contribution in [0.5, 0.6) is 0 Å². The molecule has 0 heterocycles. The van der Waals surface area contributed by atoms with Gasteiger partial charge in [0.05, 0.1) is 14.2 Å². The molecule has 0 spiro atoms. The van der Waals surface area contributed by atoms with E-state index < -0.39 is 52.4 Å². The third-order valence-corrected chi connectivity index (χ3v) is 6.05. The minimum absolute atomic E-state index is 0. The second-order valence-electron chi connectivity index (χ2n) is 12.4. The summed E-state index contributed by atoms with van der Waals surface area (Å²) in [6.45, 7) is 16.4. The fourth-order valence-electron chi connectivity index (χ4n) is 4.12. The van der Waals surface area contributed by atoms with Gasteiger partial charge in [-0.25, -0.2) is 19.2 Å². The van der Waals surface area contributed by atoms with Crippen LogP contribution in [0, 0.1) is 17.8 Å². The molecule has 4 N–H and O–H groups in total. The molecule has 0 aromatic carbocycles. The summed E-state index contributed by atoms with van der Waals surface area (Å²) in [4.78, 5) is 64.9. The van der Waals surface area contributed by atoms with Gasteiger partial charge in [0.2, 0.25) is 0 Å². The van der Waals surface area contributed by atoms with Crippen LogP contribution in [-0.2, 0) is 58.5 Å². The van der Waals surface area contributed by atoms with Gasteiger partial charge in [0.25, 0.3) is 11.9 Å². The Morgan fingerprint density at radius 1 is 0.750 bits per heavy atom. The number of hydrogen-bond acceptors (Lipinski definition) is 10. The molecule has 0 bridgehead atoms. The average molecular weight is 723 g/mol. The van der Waals surface area contributed by atoms with Gasteiger partial charge in [-0.1, -0.05) is 6.08 Å². The van der Waals surface area contributed by atoms with Crippen molar-refractivity contribution in [1.82, 2.24) is 10.6 Å². The third kappa shape index (κ3) is 15.5. The van der Waals surface area contributed by atoms with Gasteiger partial charge in [0.15, 0.2) is 0 Å². The van der Waals surface area contributed by atoms with Crippen LogP contribution in [0.15, 0.2) is 12.7 Å². The summed E-state index contributed by atoms with van der Waals surface area (Å²) in [5, 5.41) is 20.1. The summed E-state index contributed by atoms with van der Waals surface area (Å²) < 4.78 is 19.8. The molecule has 0 radical (unpaired) electrons. The normalized spacial score (nSPS) is 24.0. The standard InChI is InChI=1S/C13H21NO4.C12H19NO4.2C2H4O2.Pd/c1-12(2,3)18-11(16)14-13(10(15)17-4)7-9(13)8-5-6-8;1-6-8-7-12(8,9(14)16-5)13-10(15)17-11(2,3)4;2*1-2(3)4;/h8-9H,5-7H2,1-4H3,(H,14,16);6,8H,1,7H2,2-5H3,(H,13,15);2*1H3,(H,3,4);/t9-,13+;8-,12-;;;/m01.../s1. The quantitative estimate of drug-likeness (QED) is 0.134. The molecular weight excluding hydrogens is 675 g/mol. The first-order valence-corrected chi connectivity index (χ1v) is 13.7. The fraction of sp³-hybridized carbons (Fsp3) is 0.724. The Bertz CT molecular complexity index is 1030. The molecule has 4 atom stereocenters. The van der Waals surface area contributed by atoms with E-state index in [2.05, 4.69) is 21.9 Å². The van der Waals surface area contributed by atoms with E-state index in [-0.39, 0.29) is 38.2 Å². The maximum atomic E-state index is 11.8. The van der Waals surface area contributed by atoms with Crippen LogP contribution in [0.4, 0.5) is 9.59 Å². The summed E-state index contributed by atoms with van der Waals surface area (Å²) in [5.41, 5.74) is -2.98. The van der Waals surface area contributed by atoms with Crippen molar-refractivity contribution in [3.8, 4) is 0 Å². The first-order valence-electron chi connectivity index (χ1n) is 13.7. The summed E-state index contributed by atoms with van der Waals surface area (Å²) in [6, 6.07) is 0. The molecule has 3 aliphatic carbocycles. The van der Waals surface area contributed by atoms with E-state index >= 15 is 0 Å². The molecule has 0 unspecified atom stereocenters. The van der Waals surface area contributed by atoms with Crippen molar-refractivity contribution in [2.75, 3.05) is 14.2 Å². The zero-order valence-corrected chi connectivity index (χ0v) is 28.7. The van der Waals surface area contributed by atoms with Crippen molar-refractivity contribution in [2.45, 2.75) is 103 Å². The number of amides is 2. The van der Waals surface area contributed by atoms with E-state index in [0.717, 1.165) is 26.7 Å². The number of carboxylic acids is 2. The average Bonchev–Trinajstić information content (AvgIpc) is 3.69. The van der Waals surface area contributed by atoms with Crippen LogP contribution in [0.3, 0.4) is 0 Å². The summed E-state index contributed by atoms with van der Waals surface area (Å²) in [6.07, 6.45) is 3.92. The maximum absolute atomic E-state index is 11.8. The molecule has 256 valence electrons. The number of methoxy groups -OCH3 is 2.